The standard InChI is InChI=1S/C21H16FN7OS.C15H12BrFN6OS.C15H10BrFN6S.C10H11BrFN5.C8H21NOSi2.C6H8BNO3.C5H5NO2S.4CH4/c1-28-9-13(4-7-17(28)30)18-19(12-2-5-14(22)6-3-12)26-21(23)29-20(18)25-16(27-29)8-15-10-31-11-24-15;16-12-13(8-1-3-9(17)4-2-8)20-15(18)21-14(12)23-22-11(24)5-10-6-25-7-19-10;16-12-13(8-1-3-9(17)4-2-8)21-15(18)23-14(12)20-11(22-23)5-10-6-24-7-19-10;11-7-8(5-1-3-6(12)4-2-5)15-10(13)16-9(7)17-14;1-8(9-11(2,3)4)10-12(5,6)7;1-8-4-5(7(10)11)2-3-6(8)9;7-5(8)1-4-2-9-3-6-4;;;;/h2-7,9-11H,8H2,1H3,(H2,23,26);1-4,6-7H,5H2,(H,22,24)(H3,18,20,21,23);1-4,6-7H,5H2,(H2,18,21);1-4,9,17H,14H2,(H3,13,15,16);1-7H3;2-4,10-11H,1H3;2-3H,1H2,(H,7,8);4*1H4. The Morgan fingerprint density at radius 1 is 0.556 bits per heavy atom. The molecule has 1 atom stereocenters. The molecule has 0 saturated carbocycles. The van der Waals surface area contributed by atoms with E-state index in [4.69, 9.17) is 53.3 Å². The molecule has 702 valence electrons. The van der Waals surface area contributed by atoms with Crippen molar-refractivity contribution in [2.45, 2.75) is 108 Å². The van der Waals surface area contributed by atoms with Crippen molar-refractivity contribution in [2.24, 2.45) is 35.3 Å². The lowest BCUT2D eigenvalue weighted by Gasteiger charge is -2.23. The lowest BCUT2D eigenvalue weighted by Crippen LogP contribution is -2.43. The number of benzene rings is 4. The van der Waals surface area contributed by atoms with E-state index >= 15 is 0 Å². The molecule has 1 unspecified atom stereocenters. The van der Waals surface area contributed by atoms with Crippen molar-refractivity contribution in [1.82, 2.24) is 94.4 Å². The molecule has 4 aromatic carbocycles. The van der Waals surface area contributed by atoms with Crippen LogP contribution in [0.4, 0.5) is 41.2 Å². The van der Waals surface area contributed by atoms with E-state index in [9.17, 15) is 36.7 Å². The summed E-state index contributed by atoms with van der Waals surface area (Å²) in [6, 6.07) is 29.7. The average molecular weight is 2130 g/mol. The molecule has 1 amide bonds. The number of nitrogens with two attached hydrogens (primary N) is 5. The van der Waals surface area contributed by atoms with Crippen LogP contribution in [0.5, 0.6) is 0 Å². The van der Waals surface area contributed by atoms with Gasteiger partial charge < -0.3 is 57.0 Å². The number of fused-ring (bicyclic) bond motifs is 2. The Bertz CT molecular complexity index is 6570. The summed E-state index contributed by atoms with van der Waals surface area (Å²) in [4.78, 5) is 91.5. The van der Waals surface area contributed by atoms with Crippen molar-refractivity contribution in [2.75, 3.05) is 22.6 Å². The second-order valence-corrected chi connectivity index (χ2v) is 43.6. The van der Waals surface area contributed by atoms with E-state index < -0.39 is 35.8 Å². The number of carboxylic acids is 1. The minimum Gasteiger partial charge on any atom is -0.535 e. The van der Waals surface area contributed by atoms with Gasteiger partial charge in [-0.25, -0.2) is 72.8 Å². The van der Waals surface area contributed by atoms with Gasteiger partial charge in [0.25, 0.3) is 0 Å². The maximum atomic E-state index is 13.5. The number of nitrogen functional groups attached to an aromatic ring is 3. The van der Waals surface area contributed by atoms with Gasteiger partial charge in [0, 0.05) is 89.3 Å². The molecule has 0 aliphatic carbocycles. The summed E-state index contributed by atoms with van der Waals surface area (Å²) in [6.07, 6.45) is 3.77. The number of rotatable bonds is 19. The van der Waals surface area contributed by atoms with Crippen LogP contribution >= 0.6 is 93.1 Å². The first kappa shape index (κ1) is 109. The molecule has 1 aliphatic heterocycles. The predicted octanol–water partition coefficient (Wildman–Crippen LogP) is 14.1. The van der Waals surface area contributed by atoms with Crippen LogP contribution in [-0.2, 0) is 53.8 Å². The zero-order valence-corrected chi connectivity index (χ0v) is 79.9. The molecule has 133 heavy (non-hydrogen) atoms. The molecular weight excluding hydrogens is 2030 g/mol. The Balaban J connectivity index is 0.000000246. The maximum absolute atomic E-state index is 13.5. The number of carboxylic acid groups (broad SMARTS) is 1. The molecule has 15 aromatic rings. The topological polar surface area (TPSA) is 514 Å². The van der Waals surface area contributed by atoms with Crippen LogP contribution in [0.25, 0.3) is 61.9 Å². The number of nitrogens with zero attached hydrogens (tertiary/aromatic N) is 18. The summed E-state index contributed by atoms with van der Waals surface area (Å²) in [5.41, 5.74) is 48.8. The van der Waals surface area contributed by atoms with Gasteiger partial charge in [-0.15, -0.1) is 55.5 Å². The van der Waals surface area contributed by atoms with Crippen molar-refractivity contribution >= 4 is 187 Å². The number of thiazole rings is 4. The largest absolute Gasteiger partial charge is 0.535 e. The molecular formula is C84H99BBr3F4N27O8S4Si2. The Kier molecular flexibility index (Phi) is 41.5. The first-order valence-electron chi connectivity index (χ1n) is 38.0. The first-order chi connectivity index (χ1) is 61.2. The maximum Gasteiger partial charge on any atom is 0.489 e. The van der Waals surface area contributed by atoms with Crippen LogP contribution in [0.15, 0.2) is 210 Å². The average Bonchev–Trinajstić information content (AvgIpc) is 1.66. The number of anilines is 4. The highest BCUT2D eigenvalue weighted by Crippen LogP contribution is 2.37. The number of aliphatic carboxylic acids is 1. The number of hydrogen-bond acceptors (Lipinski definition) is 33. The van der Waals surface area contributed by atoms with Crippen molar-refractivity contribution in [3.8, 4) is 44.9 Å². The van der Waals surface area contributed by atoms with E-state index in [1.165, 1.54) is 136 Å². The number of aromatic nitrogens is 16. The zero-order valence-electron chi connectivity index (χ0n) is 69.9. The van der Waals surface area contributed by atoms with Gasteiger partial charge in [0.05, 0.1) is 112 Å². The van der Waals surface area contributed by atoms with Gasteiger partial charge in [-0.1, -0.05) is 35.8 Å². The van der Waals surface area contributed by atoms with Gasteiger partial charge in [-0.3, -0.25) is 40.5 Å². The fourth-order valence-electron chi connectivity index (χ4n) is 11.4. The number of carbonyl (C=O) groups is 2. The van der Waals surface area contributed by atoms with Crippen molar-refractivity contribution in [1.29, 1.82) is 0 Å². The molecule has 0 spiro atoms. The van der Waals surface area contributed by atoms with E-state index in [0.717, 1.165) is 28.4 Å². The number of hydrogen-bond donors (Lipinski definition) is 12. The number of guanidine groups is 1. The summed E-state index contributed by atoms with van der Waals surface area (Å²) in [5, 5.41) is 44.8. The van der Waals surface area contributed by atoms with Crippen LogP contribution < -0.4 is 67.0 Å². The normalized spacial score (nSPS) is 11.9. The number of amides is 1. The highest BCUT2D eigenvalue weighted by atomic mass is 79.9. The lowest BCUT2D eigenvalue weighted by atomic mass is 9.82. The quantitative estimate of drug-likeness (QED) is 0.00893. The minimum atomic E-state index is -1.51. The van der Waals surface area contributed by atoms with E-state index in [0.29, 0.717) is 117 Å². The van der Waals surface area contributed by atoms with E-state index in [1.54, 1.807) is 108 Å². The molecule has 0 saturated heterocycles. The molecule has 0 fully saturated rings. The van der Waals surface area contributed by atoms with Crippen LogP contribution in [0.1, 0.15) is 76.6 Å². The van der Waals surface area contributed by atoms with Gasteiger partial charge in [0.1, 0.15) is 29.4 Å². The first-order valence-corrected chi connectivity index (χ1v) is 51.0. The molecule has 16 rings (SSSR count). The third kappa shape index (κ3) is 32.2. The second-order valence-electron chi connectivity index (χ2n) is 29.3. The molecule has 17 N–H and O–H groups in total. The Labute approximate surface area is 806 Å². The van der Waals surface area contributed by atoms with Crippen LogP contribution in [0.3, 0.4) is 0 Å². The second kappa shape index (κ2) is 50.5. The highest BCUT2D eigenvalue weighted by molar-refractivity contribution is 9.12. The summed E-state index contributed by atoms with van der Waals surface area (Å²) < 4.78 is 70.5. The van der Waals surface area contributed by atoms with Gasteiger partial charge >= 0.3 is 13.1 Å². The van der Waals surface area contributed by atoms with Gasteiger partial charge in [0.15, 0.2) is 48.9 Å². The zero-order chi connectivity index (χ0) is 93.6. The van der Waals surface area contributed by atoms with E-state index in [-0.39, 0.29) is 107 Å². The number of aliphatic imine (C=N–C) groups is 1. The lowest BCUT2D eigenvalue weighted by molar-refractivity contribution is -0.136. The minimum absolute atomic E-state index is 0. The molecule has 35 nitrogen and oxygen atoms in total. The monoisotopic (exact) mass is 2120 g/mol. The number of pyridine rings is 2. The summed E-state index contributed by atoms with van der Waals surface area (Å²) in [6.45, 7) is 15.1. The number of hydrazine groups is 2. The fourth-order valence-corrected chi connectivity index (χ4v) is 17.3. The van der Waals surface area contributed by atoms with Crippen LogP contribution in [0, 0.1) is 23.3 Å². The molecule has 0 bridgehead atoms. The van der Waals surface area contributed by atoms with Gasteiger partial charge in [-0.05, 0) is 201 Å². The molecule has 0 radical (unpaired) electrons. The number of aryl methyl sites for hydroxylation is 2. The molecule has 1 aliphatic rings. The Morgan fingerprint density at radius 3 is 1.41 bits per heavy atom. The van der Waals surface area contributed by atoms with Crippen molar-refractivity contribution in [3.63, 3.8) is 0 Å². The SMILES string of the molecule is C.C.C.C.CC(=N[Si](C)(C)C)O[Si](C)(C)C.Cn1cc(-c2c(-c3ccc(F)cc3)nc(N)n3nc(Cc4cscn4)nc23)ccc1=O.Cn1cc(B(O)O)ccc1=O.NNC1N=C(N)NC(c2ccc(F)cc2)=C1Br.Nc1nc(-c2ccc(F)cc2)c(Br)c2nc(Cc3cscn3)nn12.Nc1nc(NNC(=O)Cc2cscn2)c(Br)c(-c2ccc(F)cc2)n1.O=C(O)Cc1cscn1. The predicted molar refractivity (Wildman–Crippen MR) is 537 cm³/mol. The Hall–Kier alpha value is -12.4. The van der Waals surface area contributed by atoms with Crippen molar-refractivity contribution in [3.05, 3.63) is 275 Å². The third-order valence-corrected chi connectivity index (χ3v) is 23.6. The van der Waals surface area contributed by atoms with Crippen LogP contribution in [-0.4, -0.2) is 147 Å². The molecule has 11 aromatic heterocycles. The molecule has 12 heterocycles. The summed E-state index contributed by atoms with van der Waals surface area (Å²) in [5.74, 6) is 5.88. The van der Waals surface area contributed by atoms with E-state index in [1.807, 2.05) is 17.7 Å². The van der Waals surface area contributed by atoms with Gasteiger partial charge in [0.2, 0.25) is 43.2 Å². The van der Waals surface area contributed by atoms with Gasteiger partial charge in [-0.2, -0.15) is 14.0 Å². The Morgan fingerprint density at radius 2 is 0.977 bits per heavy atom. The summed E-state index contributed by atoms with van der Waals surface area (Å²) in [7, 11) is -1.06. The molecule has 49 heteroatoms. The highest BCUT2D eigenvalue weighted by Gasteiger charge is 2.26. The number of nitrogens with one attached hydrogen (secondary N) is 4. The van der Waals surface area contributed by atoms with Crippen LogP contribution in [0.2, 0.25) is 39.3 Å². The summed E-state index contributed by atoms with van der Waals surface area (Å²) >= 11 is 16.1. The van der Waals surface area contributed by atoms with Crippen molar-refractivity contribution < 1.29 is 46.7 Å². The smallest absolute Gasteiger partial charge is 0.489 e. The number of carbonyl (C=O) groups excluding carboxylic acids is 1. The number of halogens is 7. The fraction of sp³-hybridized carbons (Fsp3) is 0.214. The third-order valence-electron chi connectivity index (χ3n) is 16.9. The van der Waals surface area contributed by atoms with E-state index in [2.05, 4.69) is 173 Å².